The van der Waals surface area contributed by atoms with Gasteiger partial charge in [-0.1, -0.05) is 39.5 Å². The first kappa shape index (κ1) is 20.6. The monoisotopic (exact) mass is 277 g/mol. The van der Waals surface area contributed by atoms with Crippen molar-refractivity contribution in [3.05, 3.63) is 0 Å². The summed E-state index contributed by atoms with van der Waals surface area (Å²) in [5.74, 6) is 0. The molecule has 0 aliphatic carbocycles. The van der Waals surface area contributed by atoms with Crippen LogP contribution in [0.1, 0.15) is 79.1 Å². The smallest absolute Gasteiger partial charge is 0.0786 e. The molecule has 0 aromatic heterocycles. The maximum atomic E-state index is 2.38. The van der Waals surface area contributed by atoms with E-state index in [9.17, 15) is 0 Å². The summed E-state index contributed by atoms with van der Waals surface area (Å²) in [6.45, 7) is 14.8. The van der Waals surface area contributed by atoms with Crippen LogP contribution in [0.5, 0.6) is 0 Å². The van der Waals surface area contributed by atoms with Gasteiger partial charge in [0.05, 0.1) is 26.2 Å². The number of quaternary nitrogens is 1. The fourth-order valence-corrected chi connectivity index (χ4v) is 2.72. The first-order chi connectivity index (χ1) is 8.24. The summed E-state index contributed by atoms with van der Waals surface area (Å²) >= 11 is 0. The van der Waals surface area contributed by atoms with E-state index in [0.29, 0.717) is 0 Å². The second kappa shape index (κ2) is 13.7. The van der Waals surface area contributed by atoms with Gasteiger partial charge < -0.3 is 16.9 Å². The van der Waals surface area contributed by atoms with Crippen LogP contribution < -0.4 is 12.4 Å². The Morgan fingerprint density at radius 2 is 0.944 bits per heavy atom. The highest BCUT2D eigenvalue weighted by atomic mass is 35.5. The number of halogens is 1. The lowest BCUT2D eigenvalue weighted by Crippen LogP contribution is -3.00. The molecule has 112 valence electrons. The van der Waals surface area contributed by atoms with Gasteiger partial charge in [0.2, 0.25) is 0 Å². The van der Waals surface area contributed by atoms with Crippen molar-refractivity contribution in [3.63, 3.8) is 0 Å². The minimum Gasteiger partial charge on any atom is -1.00 e. The molecule has 18 heavy (non-hydrogen) atoms. The lowest BCUT2D eigenvalue weighted by molar-refractivity contribution is -0.925. The van der Waals surface area contributed by atoms with Crippen LogP contribution >= 0.6 is 0 Å². The zero-order chi connectivity index (χ0) is 13.0. The summed E-state index contributed by atoms with van der Waals surface area (Å²) in [7, 11) is 0. The molecule has 0 saturated carbocycles. The fraction of sp³-hybridized carbons (Fsp3) is 1.00. The maximum absolute atomic E-state index is 2.38. The Labute approximate surface area is 122 Å². The van der Waals surface area contributed by atoms with Crippen LogP contribution in [0.2, 0.25) is 0 Å². The van der Waals surface area contributed by atoms with E-state index in [4.69, 9.17) is 0 Å². The molecule has 0 N–H and O–H groups in total. The molecule has 0 aliphatic heterocycles. The average molecular weight is 278 g/mol. The number of hydrogen-bond donors (Lipinski definition) is 0. The second-order valence-corrected chi connectivity index (χ2v) is 5.54. The standard InChI is InChI=1S/C16H36N.ClH/c1-5-9-11-13-15-17(7-3,8-4)16-14-12-10-6-2;/h5-16H2,1-4H3;1H/q+1;/p-1. The molecular formula is C16H36ClN. The Hall–Kier alpha value is 0.250. The Morgan fingerprint density at radius 3 is 1.22 bits per heavy atom. The quantitative estimate of drug-likeness (QED) is 0.378. The molecule has 0 atom stereocenters. The molecule has 0 aliphatic rings. The Balaban J connectivity index is 0. The van der Waals surface area contributed by atoms with Crippen molar-refractivity contribution in [2.45, 2.75) is 79.1 Å². The molecule has 0 rings (SSSR count). The SMILES string of the molecule is CCCCCC[N+](CC)(CC)CCCCCC.[Cl-]. The zero-order valence-corrected chi connectivity index (χ0v) is 14.1. The van der Waals surface area contributed by atoms with E-state index >= 15 is 0 Å². The first-order valence-corrected chi connectivity index (χ1v) is 8.09. The number of rotatable bonds is 12. The number of unbranched alkanes of at least 4 members (excludes halogenated alkanes) is 6. The summed E-state index contributed by atoms with van der Waals surface area (Å²) in [5, 5.41) is 0. The molecule has 0 aromatic carbocycles. The third-order valence-corrected chi connectivity index (χ3v) is 4.31. The molecule has 0 radical (unpaired) electrons. The largest absolute Gasteiger partial charge is 1.00 e. The first-order valence-electron chi connectivity index (χ1n) is 8.09. The molecular weight excluding hydrogens is 242 g/mol. The van der Waals surface area contributed by atoms with Crippen LogP contribution in [0.4, 0.5) is 0 Å². The van der Waals surface area contributed by atoms with Crippen LogP contribution in [0, 0.1) is 0 Å². The highest BCUT2D eigenvalue weighted by molar-refractivity contribution is 4.47. The van der Waals surface area contributed by atoms with Gasteiger partial charge in [0.15, 0.2) is 0 Å². The number of hydrogen-bond acceptors (Lipinski definition) is 0. The van der Waals surface area contributed by atoms with Crippen LogP contribution in [0.15, 0.2) is 0 Å². The Morgan fingerprint density at radius 1 is 0.556 bits per heavy atom. The van der Waals surface area contributed by atoms with E-state index in [0.717, 1.165) is 0 Å². The molecule has 0 aromatic rings. The summed E-state index contributed by atoms with van der Waals surface area (Å²) in [4.78, 5) is 0. The van der Waals surface area contributed by atoms with Gasteiger partial charge in [-0.05, 0) is 39.5 Å². The molecule has 0 amide bonds. The van der Waals surface area contributed by atoms with E-state index in [1.807, 2.05) is 0 Å². The van der Waals surface area contributed by atoms with Crippen molar-refractivity contribution < 1.29 is 16.9 Å². The third-order valence-electron chi connectivity index (χ3n) is 4.31. The van der Waals surface area contributed by atoms with Crippen molar-refractivity contribution in [2.75, 3.05) is 26.2 Å². The van der Waals surface area contributed by atoms with Gasteiger partial charge in [0.25, 0.3) is 0 Å². The van der Waals surface area contributed by atoms with E-state index < -0.39 is 0 Å². The van der Waals surface area contributed by atoms with Gasteiger partial charge in [-0.15, -0.1) is 0 Å². The zero-order valence-electron chi connectivity index (χ0n) is 13.3. The maximum Gasteiger partial charge on any atom is 0.0786 e. The predicted molar refractivity (Wildman–Crippen MR) is 79.4 cm³/mol. The lowest BCUT2D eigenvalue weighted by Gasteiger charge is -2.37. The molecule has 0 fully saturated rings. The number of nitrogens with zero attached hydrogens (tertiary/aromatic N) is 1. The van der Waals surface area contributed by atoms with Crippen molar-refractivity contribution >= 4 is 0 Å². The van der Waals surface area contributed by atoms with Crippen molar-refractivity contribution in [1.82, 2.24) is 0 Å². The molecule has 2 heteroatoms. The Bertz CT molecular complexity index is 141. The average Bonchev–Trinajstić information content (AvgIpc) is 2.37. The minimum absolute atomic E-state index is 0. The van der Waals surface area contributed by atoms with Crippen LogP contribution in [-0.2, 0) is 0 Å². The molecule has 0 heterocycles. The predicted octanol–water partition coefficient (Wildman–Crippen LogP) is 2.01. The Kier molecular flexibility index (Phi) is 15.6. The molecule has 0 saturated heterocycles. The normalized spacial score (nSPS) is 11.3. The van der Waals surface area contributed by atoms with Gasteiger partial charge >= 0.3 is 0 Å². The molecule has 1 nitrogen and oxygen atoms in total. The fourth-order valence-electron chi connectivity index (χ4n) is 2.72. The van der Waals surface area contributed by atoms with E-state index in [-0.39, 0.29) is 12.4 Å². The summed E-state index contributed by atoms with van der Waals surface area (Å²) in [6, 6.07) is 0. The van der Waals surface area contributed by atoms with Gasteiger partial charge in [-0.3, -0.25) is 0 Å². The third kappa shape index (κ3) is 9.22. The van der Waals surface area contributed by atoms with Gasteiger partial charge in [-0.2, -0.15) is 0 Å². The van der Waals surface area contributed by atoms with Crippen molar-refractivity contribution in [1.29, 1.82) is 0 Å². The minimum atomic E-state index is 0. The van der Waals surface area contributed by atoms with Crippen molar-refractivity contribution in [3.8, 4) is 0 Å². The lowest BCUT2D eigenvalue weighted by atomic mass is 10.1. The van der Waals surface area contributed by atoms with Gasteiger partial charge in [-0.25, -0.2) is 0 Å². The van der Waals surface area contributed by atoms with E-state index in [1.165, 1.54) is 82.0 Å². The van der Waals surface area contributed by atoms with E-state index in [1.54, 1.807) is 0 Å². The van der Waals surface area contributed by atoms with Gasteiger partial charge in [0, 0.05) is 0 Å². The summed E-state index contributed by atoms with van der Waals surface area (Å²) < 4.78 is 1.37. The van der Waals surface area contributed by atoms with Crippen LogP contribution in [0.25, 0.3) is 0 Å². The van der Waals surface area contributed by atoms with Crippen LogP contribution in [-0.4, -0.2) is 30.7 Å². The van der Waals surface area contributed by atoms with E-state index in [2.05, 4.69) is 27.7 Å². The topological polar surface area (TPSA) is 0 Å². The summed E-state index contributed by atoms with van der Waals surface area (Å²) in [6.07, 6.45) is 11.3. The van der Waals surface area contributed by atoms with Gasteiger partial charge in [0.1, 0.15) is 0 Å². The van der Waals surface area contributed by atoms with Crippen molar-refractivity contribution in [2.24, 2.45) is 0 Å². The highest BCUT2D eigenvalue weighted by Crippen LogP contribution is 2.14. The van der Waals surface area contributed by atoms with Crippen LogP contribution in [0.3, 0.4) is 0 Å². The highest BCUT2D eigenvalue weighted by Gasteiger charge is 2.21. The molecule has 0 bridgehead atoms. The second-order valence-electron chi connectivity index (χ2n) is 5.54. The molecule has 0 unspecified atom stereocenters. The molecule has 0 spiro atoms. The summed E-state index contributed by atoms with van der Waals surface area (Å²) in [5.41, 5.74) is 0.